The molecular formula is C13H17N3S. The normalized spacial score (nSPS) is 19.4. The number of hydrogen-bond donors (Lipinski definition) is 0. The van der Waals surface area contributed by atoms with Crippen molar-refractivity contribution in [2.45, 2.75) is 26.2 Å². The molecule has 90 valence electrons. The molecule has 4 heteroatoms. The highest BCUT2D eigenvalue weighted by Crippen LogP contribution is 2.39. The molecular weight excluding hydrogens is 230 g/mol. The summed E-state index contributed by atoms with van der Waals surface area (Å²) >= 11 is 1.86. The van der Waals surface area contributed by atoms with Crippen LogP contribution < -0.4 is 4.90 Å². The van der Waals surface area contributed by atoms with E-state index in [1.807, 2.05) is 11.3 Å². The second-order valence-electron chi connectivity index (χ2n) is 5.12. The van der Waals surface area contributed by atoms with Crippen molar-refractivity contribution < 1.29 is 0 Å². The first-order valence-electron chi connectivity index (χ1n) is 6.09. The molecule has 0 spiro atoms. The Morgan fingerprint density at radius 2 is 2.18 bits per heavy atom. The van der Waals surface area contributed by atoms with Crippen LogP contribution >= 0.6 is 11.3 Å². The number of aromatic nitrogens is 2. The Morgan fingerprint density at radius 1 is 1.35 bits per heavy atom. The lowest BCUT2D eigenvalue weighted by Gasteiger charge is -2.19. The van der Waals surface area contributed by atoms with Gasteiger partial charge >= 0.3 is 0 Å². The van der Waals surface area contributed by atoms with Gasteiger partial charge in [-0.25, -0.2) is 9.97 Å². The van der Waals surface area contributed by atoms with Crippen LogP contribution in [0.4, 0.5) is 5.82 Å². The van der Waals surface area contributed by atoms with Crippen molar-refractivity contribution in [3.63, 3.8) is 0 Å². The summed E-state index contributed by atoms with van der Waals surface area (Å²) < 4.78 is 0. The first kappa shape index (κ1) is 11.0. The van der Waals surface area contributed by atoms with Gasteiger partial charge in [-0.3, -0.25) is 0 Å². The largest absolute Gasteiger partial charge is 0.362 e. The van der Waals surface area contributed by atoms with Crippen molar-refractivity contribution >= 4 is 27.4 Å². The maximum Gasteiger partial charge on any atom is 0.140 e. The maximum atomic E-state index is 4.44. The summed E-state index contributed by atoms with van der Waals surface area (Å²) in [6.07, 6.45) is 5.37. The van der Waals surface area contributed by atoms with Crippen LogP contribution in [0.1, 0.15) is 23.8 Å². The zero-order chi connectivity index (χ0) is 12.0. The third-order valence-electron chi connectivity index (χ3n) is 3.50. The van der Waals surface area contributed by atoms with Gasteiger partial charge in [0, 0.05) is 19.0 Å². The molecule has 1 aliphatic carbocycles. The average Bonchev–Trinajstić information content (AvgIpc) is 2.65. The van der Waals surface area contributed by atoms with E-state index in [2.05, 4.69) is 35.9 Å². The second-order valence-corrected chi connectivity index (χ2v) is 6.21. The van der Waals surface area contributed by atoms with Crippen LogP contribution in [-0.4, -0.2) is 24.1 Å². The van der Waals surface area contributed by atoms with E-state index < -0.39 is 0 Å². The van der Waals surface area contributed by atoms with E-state index in [1.54, 1.807) is 6.33 Å². The van der Waals surface area contributed by atoms with Gasteiger partial charge < -0.3 is 4.90 Å². The van der Waals surface area contributed by atoms with Crippen molar-refractivity contribution in [3.05, 3.63) is 16.8 Å². The van der Waals surface area contributed by atoms with Crippen molar-refractivity contribution in [3.8, 4) is 0 Å². The van der Waals surface area contributed by atoms with Gasteiger partial charge in [0.2, 0.25) is 0 Å². The lowest BCUT2D eigenvalue weighted by Crippen LogP contribution is -2.13. The standard InChI is InChI=1S/C13H17N3S/c1-8-4-5-9-10(6-8)17-13-11(9)12(16(2)3)14-7-15-13/h7-8H,4-6H2,1-3H3/t8-/m0/s1. The number of fused-ring (bicyclic) bond motifs is 3. The van der Waals surface area contributed by atoms with Crippen molar-refractivity contribution in [2.75, 3.05) is 19.0 Å². The Bertz CT molecular complexity index is 559. The molecule has 0 amide bonds. The number of nitrogens with zero attached hydrogens (tertiary/aromatic N) is 3. The SMILES string of the molecule is C[C@H]1CCc2c(sc3ncnc(N(C)C)c23)C1. The monoisotopic (exact) mass is 247 g/mol. The fraction of sp³-hybridized carbons (Fsp3) is 0.538. The Kier molecular flexibility index (Phi) is 2.54. The second kappa shape index (κ2) is 3.95. The summed E-state index contributed by atoms with van der Waals surface area (Å²) in [5.74, 6) is 1.88. The number of rotatable bonds is 1. The minimum atomic E-state index is 0.811. The minimum Gasteiger partial charge on any atom is -0.362 e. The van der Waals surface area contributed by atoms with Crippen LogP contribution in [0.15, 0.2) is 6.33 Å². The van der Waals surface area contributed by atoms with Gasteiger partial charge in [0.15, 0.2) is 0 Å². The Hall–Kier alpha value is -1.16. The molecule has 1 atom stereocenters. The number of aryl methyl sites for hydroxylation is 1. The fourth-order valence-corrected chi connectivity index (χ4v) is 3.94. The molecule has 0 bridgehead atoms. The van der Waals surface area contributed by atoms with Gasteiger partial charge in [0.1, 0.15) is 17.0 Å². The van der Waals surface area contributed by atoms with Crippen molar-refractivity contribution in [1.29, 1.82) is 0 Å². The Morgan fingerprint density at radius 3 is 2.94 bits per heavy atom. The van der Waals surface area contributed by atoms with Crippen LogP contribution in [0, 0.1) is 5.92 Å². The molecule has 2 aromatic heterocycles. The first-order valence-corrected chi connectivity index (χ1v) is 6.91. The zero-order valence-electron chi connectivity index (χ0n) is 10.5. The molecule has 3 nitrogen and oxygen atoms in total. The Labute approximate surface area is 106 Å². The molecule has 0 saturated carbocycles. The van der Waals surface area contributed by atoms with Crippen molar-refractivity contribution in [1.82, 2.24) is 9.97 Å². The molecule has 0 fully saturated rings. The molecule has 2 aromatic rings. The van der Waals surface area contributed by atoms with E-state index in [1.165, 1.54) is 35.1 Å². The average molecular weight is 247 g/mol. The molecule has 0 N–H and O–H groups in total. The summed E-state index contributed by atoms with van der Waals surface area (Å²) in [6, 6.07) is 0. The van der Waals surface area contributed by atoms with Gasteiger partial charge in [-0.1, -0.05) is 6.92 Å². The van der Waals surface area contributed by atoms with E-state index in [-0.39, 0.29) is 0 Å². The summed E-state index contributed by atoms with van der Waals surface area (Å²) in [6.45, 7) is 2.34. The molecule has 0 saturated heterocycles. The number of anilines is 1. The summed E-state index contributed by atoms with van der Waals surface area (Å²) in [5, 5.41) is 1.30. The summed E-state index contributed by atoms with van der Waals surface area (Å²) in [4.78, 5) is 13.6. The van der Waals surface area contributed by atoms with Gasteiger partial charge in [-0.05, 0) is 30.7 Å². The molecule has 3 rings (SSSR count). The van der Waals surface area contributed by atoms with E-state index in [4.69, 9.17) is 0 Å². The summed E-state index contributed by atoms with van der Waals surface area (Å²) in [7, 11) is 4.11. The van der Waals surface area contributed by atoms with Crippen LogP contribution in [0.3, 0.4) is 0 Å². The molecule has 0 radical (unpaired) electrons. The molecule has 1 aliphatic rings. The highest BCUT2D eigenvalue weighted by molar-refractivity contribution is 7.19. The van der Waals surface area contributed by atoms with E-state index in [0.717, 1.165) is 16.6 Å². The highest BCUT2D eigenvalue weighted by atomic mass is 32.1. The van der Waals surface area contributed by atoms with E-state index in [0.29, 0.717) is 0 Å². The lowest BCUT2D eigenvalue weighted by molar-refractivity contribution is 0.509. The summed E-state index contributed by atoms with van der Waals surface area (Å²) in [5.41, 5.74) is 1.51. The van der Waals surface area contributed by atoms with Crippen LogP contribution in [0.5, 0.6) is 0 Å². The number of hydrogen-bond acceptors (Lipinski definition) is 4. The van der Waals surface area contributed by atoms with Crippen LogP contribution in [0.2, 0.25) is 0 Å². The van der Waals surface area contributed by atoms with Gasteiger partial charge in [-0.2, -0.15) is 0 Å². The highest BCUT2D eigenvalue weighted by Gasteiger charge is 2.23. The maximum absolute atomic E-state index is 4.44. The van der Waals surface area contributed by atoms with Gasteiger partial charge in [0.05, 0.1) is 5.39 Å². The molecule has 17 heavy (non-hydrogen) atoms. The molecule has 0 unspecified atom stereocenters. The fourth-order valence-electron chi connectivity index (χ4n) is 2.60. The Balaban J connectivity index is 2.26. The zero-order valence-corrected chi connectivity index (χ0v) is 11.3. The predicted octanol–water partition coefficient (Wildman–Crippen LogP) is 2.88. The molecule has 0 aromatic carbocycles. The third kappa shape index (κ3) is 1.71. The molecule has 2 heterocycles. The van der Waals surface area contributed by atoms with Gasteiger partial charge in [0.25, 0.3) is 0 Å². The third-order valence-corrected chi connectivity index (χ3v) is 4.66. The topological polar surface area (TPSA) is 29.0 Å². The number of thiophene rings is 1. The van der Waals surface area contributed by atoms with E-state index >= 15 is 0 Å². The predicted molar refractivity (Wildman–Crippen MR) is 72.9 cm³/mol. The van der Waals surface area contributed by atoms with Crippen LogP contribution in [-0.2, 0) is 12.8 Å². The van der Waals surface area contributed by atoms with Gasteiger partial charge in [-0.15, -0.1) is 11.3 Å². The smallest absolute Gasteiger partial charge is 0.140 e. The minimum absolute atomic E-state index is 0.811. The van der Waals surface area contributed by atoms with Crippen LogP contribution in [0.25, 0.3) is 10.2 Å². The van der Waals surface area contributed by atoms with Crippen molar-refractivity contribution in [2.24, 2.45) is 5.92 Å². The lowest BCUT2D eigenvalue weighted by atomic mass is 9.89. The molecule has 0 aliphatic heterocycles. The van der Waals surface area contributed by atoms with E-state index in [9.17, 15) is 0 Å². The first-order chi connectivity index (χ1) is 8.16. The quantitative estimate of drug-likeness (QED) is 0.776.